The molecule has 3 aliphatic heterocycles. The minimum atomic E-state index is -0.262. The number of aliphatic hydroxyl groups excluding tert-OH is 1. The van der Waals surface area contributed by atoms with Gasteiger partial charge in [-0.25, -0.2) is 0 Å². The quantitative estimate of drug-likeness (QED) is 0.864. The number of hydrogen-bond acceptors (Lipinski definition) is 4. The van der Waals surface area contributed by atoms with Gasteiger partial charge in [-0.1, -0.05) is 6.92 Å². The van der Waals surface area contributed by atoms with Crippen LogP contribution in [0.2, 0.25) is 0 Å². The summed E-state index contributed by atoms with van der Waals surface area (Å²) >= 11 is 0. The standard InChI is InChI=1S/C17H31NO3/c1-3-16(2,18-8-4-5-9-18)15(19)14-6-10-21-17(12-14)7-11-20-13-17/h14-15,19H,3-13H2,1-2H3. The van der Waals surface area contributed by atoms with Gasteiger partial charge in [0.05, 0.1) is 18.3 Å². The SMILES string of the molecule is CCC(C)(C(O)C1CCOC2(CCOC2)C1)N1CCCC1. The van der Waals surface area contributed by atoms with Crippen molar-refractivity contribution in [3.63, 3.8) is 0 Å². The van der Waals surface area contributed by atoms with Crippen molar-refractivity contribution in [2.45, 2.75) is 69.6 Å². The molecule has 3 rings (SSSR count). The number of ether oxygens (including phenoxy) is 2. The molecule has 3 aliphatic rings. The largest absolute Gasteiger partial charge is 0.391 e. The lowest BCUT2D eigenvalue weighted by Crippen LogP contribution is -2.58. The normalized spacial score (nSPS) is 38.7. The van der Waals surface area contributed by atoms with Crippen molar-refractivity contribution >= 4 is 0 Å². The van der Waals surface area contributed by atoms with Gasteiger partial charge in [-0.05, 0) is 58.0 Å². The lowest BCUT2D eigenvalue weighted by molar-refractivity contribution is -0.138. The molecule has 4 nitrogen and oxygen atoms in total. The molecule has 122 valence electrons. The molecule has 3 heterocycles. The Kier molecular flexibility index (Phi) is 4.60. The molecule has 0 bridgehead atoms. The lowest BCUT2D eigenvalue weighted by Gasteiger charge is -2.48. The number of rotatable bonds is 4. The fraction of sp³-hybridized carbons (Fsp3) is 1.00. The highest BCUT2D eigenvalue weighted by Gasteiger charge is 2.48. The zero-order chi connectivity index (χ0) is 14.9. The lowest BCUT2D eigenvalue weighted by atomic mass is 9.74. The average Bonchev–Trinajstić information content (AvgIpc) is 3.18. The Labute approximate surface area is 128 Å². The summed E-state index contributed by atoms with van der Waals surface area (Å²) < 4.78 is 11.6. The van der Waals surface area contributed by atoms with Crippen LogP contribution in [0.3, 0.4) is 0 Å². The molecule has 4 heteroatoms. The molecular weight excluding hydrogens is 266 g/mol. The Balaban J connectivity index is 1.71. The maximum atomic E-state index is 11.2. The first-order valence-corrected chi connectivity index (χ1v) is 8.74. The fourth-order valence-electron chi connectivity index (χ4n) is 4.55. The molecule has 3 fully saturated rings. The minimum Gasteiger partial charge on any atom is -0.391 e. The molecular formula is C17H31NO3. The van der Waals surface area contributed by atoms with Crippen LogP contribution in [0.25, 0.3) is 0 Å². The van der Waals surface area contributed by atoms with Crippen LogP contribution in [0, 0.1) is 5.92 Å². The summed E-state index contributed by atoms with van der Waals surface area (Å²) in [5.74, 6) is 0.339. The zero-order valence-electron chi connectivity index (χ0n) is 13.6. The number of aliphatic hydroxyl groups is 1. The van der Waals surface area contributed by atoms with E-state index in [2.05, 4.69) is 18.7 Å². The molecule has 21 heavy (non-hydrogen) atoms. The van der Waals surface area contributed by atoms with Crippen molar-refractivity contribution in [2.24, 2.45) is 5.92 Å². The molecule has 0 saturated carbocycles. The number of hydrogen-bond donors (Lipinski definition) is 1. The van der Waals surface area contributed by atoms with Gasteiger partial charge >= 0.3 is 0 Å². The number of nitrogens with zero attached hydrogens (tertiary/aromatic N) is 1. The van der Waals surface area contributed by atoms with Crippen molar-refractivity contribution in [3.8, 4) is 0 Å². The molecule has 0 radical (unpaired) electrons. The second kappa shape index (κ2) is 6.15. The van der Waals surface area contributed by atoms with E-state index in [0.29, 0.717) is 12.5 Å². The molecule has 4 atom stereocenters. The summed E-state index contributed by atoms with van der Waals surface area (Å²) in [4.78, 5) is 2.52. The first-order valence-electron chi connectivity index (χ1n) is 8.74. The molecule has 0 aromatic heterocycles. The van der Waals surface area contributed by atoms with E-state index in [0.717, 1.165) is 52.0 Å². The van der Waals surface area contributed by atoms with Gasteiger partial charge < -0.3 is 14.6 Å². The Bertz CT molecular complexity index is 350. The zero-order valence-corrected chi connectivity index (χ0v) is 13.6. The Morgan fingerprint density at radius 2 is 2.10 bits per heavy atom. The molecule has 0 aliphatic carbocycles. The van der Waals surface area contributed by atoms with Crippen LogP contribution in [0.15, 0.2) is 0 Å². The van der Waals surface area contributed by atoms with Crippen molar-refractivity contribution in [3.05, 3.63) is 0 Å². The molecule has 1 spiro atoms. The maximum absolute atomic E-state index is 11.2. The van der Waals surface area contributed by atoms with E-state index >= 15 is 0 Å². The third kappa shape index (κ3) is 2.88. The van der Waals surface area contributed by atoms with Crippen LogP contribution < -0.4 is 0 Å². The third-order valence-corrected chi connectivity index (χ3v) is 6.23. The van der Waals surface area contributed by atoms with E-state index < -0.39 is 0 Å². The van der Waals surface area contributed by atoms with Crippen LogP contribution in [0.4, 0.5) is 0 Å². The van der Waals surface area contributed by atoms with Gasteiger partial charge in [0.2, 0.25) is 0 Å². The predicted molar refractivity (Wildman–Crippen MR) is 82.4 cm³/mol. The van der Waals surface area contributed by atoms with E-state index in [1.807, 2.05) is 0 Å². The summed E-state index contributed by atoms with van der Waals surface area (Å²) in [6, 6.07) is 0. The van der Waals surface area contributed by atoms with Crippen LogP contribution in [0.1, 0.15) is 52.4 Å². The van der Waals surface area contributed by atoms with E-state index in [4.69, 9.17) is 9.47 Å². The van der Waals surface area contributed by atoms with Crippen LogP contribution in [-0.2, 0) is 9.47 Å². The molecule has 0 aromatic carbocycles. The van der Waals surface area contributed by atoms with Gasteiger partial charge in [0, 0.05) is 25.2 Å². The Morgan fingerprint density at radius 3 is 2.71 bits per heavy atom. The van der Waals surface area contributed by atoms with Crippen LogP contribution in [0.5, 0.6) is 0 Å². The fourth-order valence-corrected chi connectivity index (χ4v) is 4.55. The summed E-state index contributed by atoms with van der Waals surface area (Å²) in [6.45, 7) is 9.04. The Morgan fingerprint density at radius 1 is 1.33 bits per heavy atom. The minimum absolute atomic E-state index is 0.0842. The second-order valence-corrected chi connectivity index (χ2v) is 7.44. The van der Waals surface area contributed by atoms with Gasteiger partial charge in [0.1, 0.15) is 0 Å². The monoisotopic (exact) mass is 297 g/mol. The van der Waals surface area contributed by atoms with E-state index in [1.54, 1.807) is 0 Å². The maximum Gasteiger partial charge on any atom is 0.0940 e. The Hall–Kier alpha value is -0.160. The van der Waals surface area contributed by atoms with Gasteiger partial charge in [-0.3, -0.25) is 4.90 Å². The van der Waals surface area contributed by atoms with E-state index in [1.165, 1.54) is 12.8 Å². The van der Waals surface area contributed by atoms with Gasteiger partial charge in [-0.2, -0.15) is 0 Å². The van der Waals surface area contributed by atoms with Gasteiger partial charge in [-0.15, -0.1) is 0 Å². The third-order valence-electron chi connectivity index (χ3n) is 6.23. The van der Waals surface area contributed by atoms with E-state index in [9.17, 15) is 5.11 Å². The first-order chi connectivity index (χ1) is 10.1. The average molecular weight is 297 g/mol. The molecule has 3 saturated heterocycles. The summed E-state index contributed by atoms with van der Waals surface area (Å²) in [5, 5.41) is 11.2. The summed E-state index contributed by atoms with van der Waals surface area (Å²) in [6.07, 6.45) is 6.21. The van der Waals surface area contributed by atoms with E-state index in [-0.39, 0.29) is 17.2 Å². The van der Waals surface area contributed by atoms with Crippen LogP contribution in [-0.4, -0.2) is 60.2 Å². The van der Waals surface area contributed by atoms with Gasteiger partial charge in [0.25, 0.3) is 0 Å². The highest BCUT2D eigenvalue weighted by atomic mass is 16.6. The number of likely N-dealkylation sites (tertiary alicyclic amines) is 1. The summed E-state index contributed by atoms with van der Waals surface area (Å²) in [5.41, 5.74) is -0.192. The molecule has 0 aromatic rings. The van der Waals surface area contributed by atoms with Crippen LogP contribution >= 0.6 is 0 Å². The van der Waals surface area contributed by atoms with Crippen molar-refractivity contribution in [2.75, 3.05) is 32.9 Å². The highest BCUT2D eigenvalue weighted by Crippen LogP contribution is 2.41. The molecule has 1 N–H and O–H groups in total. The topological polar surface area (TPSA) is 41.9 Å². The molecule has 0 amide bonds. The summed E-state index contributed by atoms with van der Waals surface area (Å²) in [7, 11) is 0. The smallest absolute Gasteiger partial charge is 0.0940 e. The second-order valence-electron chi connectivity index (χ2n) is 7.44. The van der Waals surface area contributed by atoms with Crippen molar-refractivity contribution in [1.82, 2.24) is 4.90 Å². The van der Waals surface area contributed by atoms with Crippen molar-refractivity contribution < 1.29 is 14.6 Å². The predicted octanol–water partition coefficient (Wildman–Crippen LogP) is 2.20. The first kappa shape index (κ1) is 15.7. The highest BCUT2D eigenvalue weighted by molar-refractivity contribution is 5.00. The van der Waals surface area contributed by atoms with Gasteiger partial charge in [0.15, 0.2) is 0 Å². The molecule has 4 unspecified atom stereocenters. The van der Waals surface area contributed by atoms with Crippen molar-refractivity contribution in [1.29, 1.82) is 0 Å².